The van der Waals surface area contributed by atoms with E-state index in [-0.39, 0.29) is 0 Å². The van der Waals surface area contributed by atoms with Crippen molar-refractivity contribution in [3.63, 3.8) is 0 Å². The SMILES string of the molecule is C[SiH](C)OCCCCC(C)(C)CCl. The first-order chi connectivity index (χ1) is 5.98. The van der Waals surface area contributed by atoms with Crippen LogP contribution in [-0.4, -0.2) is 21.5 Å². The van der Waals surface area contributed by atoms with Crippen LogP contribution in [0, 0.1) is 5.41 Å². The lowest BCUT2D eigenvalue weighted by Crippen LogP contribution is -2.14. The average Bonchev–Trinajstić information content (AvgIpc) is 2.03. The van der Waals surface area contributed by atoms with Crippen molar-refractivity contribution < 1.29 is 4.43 Å². The van der Waals surface area contributed by atoms with Crippen molar-refractivity contribution in [2.24, 2.45) is 5.41 Å². The summed E-state index contributed by atoms with van der Waals surface area (Å²) in [5.41, 5.74) is 0.302. The molecule has 0 heterocycles. The van der Waals surface area contributed by atoms with Gasteiger partial charge >= 0.3 is 0 Å². The zero-order chi connectivity index (χ0) is 10.3. The van der Waals surface area contributed by atoms with Gasteiger partial charge in [-0.1, -0.05) is 20.3 Å². The van der Waals surface area contributed by atoms with E-state index in [0.29, 0.717) is 5.41 Å². The Balaban J connectivity index is 3.26. The summed E-state index contributed by atoms with van der Waals surface area (Å²) >= 11 is 5.83. The first-order valence-corrected chi connectivity index (χ1v) is 8.47. The highest BCUT2D eigenvalue weighted by molar-refractivity contribution is 6.48. The highest BCUT2D eigenvalue weighted by Gasteiger charge is 2.15. The normalized spacial score (nSPS) is 12.5. The molecule has 0 unspecified atom stereocenters. The van der Waals surface area contributed by atoms with Crippen LogP contribution in [0.15, 0.2) is 0 Å². The molecule has 0 spiro atoms. The second-order valence-electron chi connectivity index (χ2n) is 4.67. The Morgan fingerprint density at radius 3 is 2.31 bits per heavy atom. The third-order valence-corrected chi connectivity index (χ3v) is 3.69. The lowest BCUT2D eigenvalue weighted by atomic mass is 9.90. The molecule has 1 nitrogen and oxygen atoms in total. The van der Waals surface area contributed by atoms with Crippen molar-refractivity contribution in [1.29, 1.82) is 0 Å². The second kappa shape index (κ2) is 6.85. The summed E-state index contributed by atoms with van der Waals surface area (Å²) in [6.45, 7) is 9.81. The van der Waals surface area contributed by atoms with Crippen molar-refractivity contribution >= 4 is 20.6 Å². The zero-order valence-electron chi connectivity index (χ0n) is 9.40. The number of rotatable bonds is 7. The molecule has 0 saturated heterocycles. The molecule has 0 fully saturated rings. The Labute approximate surface area is 89.5 Å². The van der Waals surface area contributed by atoms with Crippen LogP contribution in [0.4, 0.5) is 0 Å². The summed E-state index contributed by atoms with van der Waals surface area (Å²) in [6, 6.07) is 0. The van der Waals surface area contributed by atoms with Crippen molar-refractivity contribution in [2.75, 3.05) is 12.5 Å². The monoisotopic (exact) mass is 222 g/mol. The van der Waals surface area contributed by atoms with E-state index < -0.39 is 9.04 Å². The predicted molar refractivity (Wildman–Crippen MR) is 63.2 cm³/mol. The quantitative estimate of drug-likeness (QED) is 0.365. The van der Waals surface area contributed by atoms with Crippen LogP contribution in [0.3, 0.4) is 0 Å². The molecule has 0 atom stereocenters. The minimum atomic E-state index is -0.788. The smallest absolute Gasteiger partial charge is 0.170 e. The molecule has 0 aliphatic heterocycles. The fourth-order valence-corrected chi connectivity index (χ4v) is 1.86. The van der Waals surface area contributed by atoms with E-state index in [1.807, 2.05) is 0 Å². The van der Waals surface area contributed by atoms with Crippen LogP contribution in [0.5, 0.6) is 0 Å². The summed E-state index contributed by atoms with van der Waals surface area (Å²) in [4.78, 5) is 0. The summed E-state index contributed by atoms with van der Waals surface area (Å²) in [5, 5.41) is 0. The van der Waals surface area contributed by atoms with Crippen LogP contribution in [0.1, 0.15) is 33.1 Å². The van der Waals surface area contributed by atoms with Gasteiger partial charge in [0, 0.05) is 12.5 Å². The fraction of sp³-hybridized carbons (Fsp3) is 1.00. The highest BCUT2D eigenvalue weighted by atomic mass is 35.5. The van der Waals surface area contributed by atoms with E-state index in [1.54, 1.807) is 0 Å². The molecule has 0 rings (SSSR count). The van der Waals surface area contributed by atoms with Gasteiger partial charge in [0.2, 0.25) is 0 Å². The molecule has 0 aromatic carbocycles. The van der Waals surface area contributed by atoms with Crippen LogP contribution in [0.2, 0.25) is 13.1 Å². The van der Waals surface area contributed by atoms with Gasteiger partial charge in [-0.05, 0) is 31.4 Å². The van der Waals surface area contributed by atoms with Crippen LogP contribution < -0.4 is 0 Å². The van der Waals surface area contributed by atoms with Crippen LogP contribution >= 0.6 is 11.6 Å². The first-order valence-electron chi connectivity index (χ1n) is 5.15. The van der Waals surface area contributed by atoms with Gasteiger partial charge in [0.25, 0.3) is 0 Å². The molecule has 13 heavy (non-hydrogen) atoms. The number of hydrogen-bond acceptors (Lipinski definition) is 1. The fourth-order valence-electron chi connectivity index (χ4n) is 1.09. The minimum absolute atomic E-state index is 0.302. The molecule has 3 heteroatoms. The molecule has 0 aliphatic carbocycles. The van der Waals surface area contributed by atoms with Crippen LogP contribution in [-0.2, 0) is 4.43 Å². The summed E-state index contributed by atoms with van der Waals surface area (Å²) in [5.74, 6) is 0.757. The first kappa shape index (κ1) is 13.5. The Kier molecular flexibility index (Phi) is 7.10. The van der Waals surface area contributed by atoms with E-state index >= 15 is 0 Å². The molecule has 0 bridgehead atoms. The zero-order valence-corrected chi connectivity index (χ0v) is 11.3. The van der Waals surface area contributed by atoms with Gasteiger partial charge in [0.15, 0.2) is 9.04 Å². The Morgan fingerprint density at radius 1 is 1.23 bits per heavy atom. The molecule has 80 valence electrons. The highest BCUT2D eigenvalue weighted by Crippen LogP contribution is 2.24. The standard InChI is InChI=1S/C10H23ClOSi/c1-10(2,9-11)7-5-6-8-12-13(3)4/h13H,5-9H2,1-4H3. The Morgan fingerprint density at radius 2 is 1.85 bits per heavy atom. The number of halogens is 1. The average molecular weight is 223 g/mol. The van der Waals surface area contributed by atoms with Crippen molar-refractivity contribution in [2.45, 2.75) is 46.2 Å². The second-order valence-corrected chi connectivity index (χ2v) is 7.37. The third-order valence-electron chi connectivity index (χ3n) is 2.06. The largest absolute Gasteiger partial charge is 0.421 e. The van der Waals surface area contributed by atoms with Gasteiger partial charge in [-0.25, -0.2) is 0 Å². The third kappa shape index (κ3) is 8.79. The molecule has 0 N–H and O–H groups in total. The van der Waals surface area contributed by atoms with E-state index in [4.69, 9.17) is 16.0 Å². The summed E-state index contributed by atoms with van der Waals surface area (Å²) < 4.78 is 5.60. The minimum Gasteiger partial charge on any atom is -0.421 e. The Hall–Kier alpha value is 0.467. The van der Waals surface area contributed by atoms with E-state index in [2.05, 4.69) is 26.9 Å². The number of unbranched alkanes of at least 4 members (excludes halogenated alkanes) is 1. The van der Waals surface area contributed by atoms with Crippen molar-refractivity contribution in [3.8, 4) is 0 Å². The molecule has 0 aromatic rings. The maximum absolute atomic E-state index is 5.83. The molecule has 0 saturated carbocycles. The molecule has 0 aromatic heterocycles. The van der Waals surface area contributed by atoms with Gasteiger partial charge in [0.05, 0.1) is 0 Å². The number of alkyl halides is 1. The molecular weight excluding hydrogens is 200 g/mol. The van der Waals surface area contributed by atoms with Gasteiger partial charge in [-0.2, -0.15) is 0 Å². The van der Waals surface area contributed by atoms with E-state index in [1.165, 1.54) is 19.3 Å². The predicted octanol–water partition coefficient (Wildman–Crippen LogP) is 3.42. The van der Waals surface area contributed by atoms with Crippen molar-refractivity contribution in [3.05, 3.63) is 0 Å². The number of hydrogen-bond donors (Lipinski definition) is 0. The Bertz CT molecular complexity index is 126. The summed E-state index contributed by atoms with van der Waals surface area (Å²) in [6.07, 6.45) is 3.63. The van der Waals surface area contributed by atoms with E-state index in [0.717, 1.165) is 12.5 Å². The molecule has 0 radical (unpaired) electrons. The van der Waals surface area contributed by atoms with Gasteiger partial charge in [-0.15, -0.1) is 11.6 Å². The maximum atomic E-state index is 5.83. The van der Waals surface area contributed by atoms with Gasteiger partial charge in [-0.3, -0.25) is 0 Å². The lowest BCUT2D eigenvalue weighted by Gasteiger charge is -2.20. The molecular formula is C10H23ClOSi. The topological polar surface area (TPSA) is 9.23 Å². The van der Waals surface area contributed by atoms with E-state index in [9.17, 15) is 0 Å². The van der Waals surface area contributed by atoms with Gasteiger partial charge in [0.1, 0.15) is 0 Å². The maximum Gasteiger partial charge on any atom is 0.170 e. The van der Waals surface area contributed by atoms with Crippen LogP contribution in [0.25, 0.3) is 0 Å². The molecule has 0 aliphatic rings. The van der Waals surface area contributed by atoms with Gasteiger partial charge < -0.3 is 4.43 Å². The summed E-state index contributed by atoms with van der Waals surface area (Å²) in [7, 11) is -0.788. The lowest BCUT2D eigenvalue weighted by molar-refractivity contribution is 0.291. The van der Waals surface area contributed by atoms with Crippen molar-refractivity contribution in [1.82, 2.24) is 0 Å². The molecule has 0 amide bonds.